The second-order valence-corrected chi connectivity index (χ2v) is 5.38. The molecule has 0 aliphatic heterocycles. The van der Waals surface area contributed by atoms with Crippen molar-refractivity contribution in [2.75, 3.05) is 12.0 Å². The number of halogens is 1. The van der Waals surface area contributed by atoms with E-state index in [-0.39, 0.29) is 11.9 Å². The van der Waals surface area contributed by atoms with Crippen LogP contribution >= 0.6 is 11.8 Å². The number of allylic oxidation sites excluding steroid dienone is 1. The number of fused-ring (bicyclic) bond motifs is 1. The molecule has 0 saturated carbocycles. The maximum absolute atomic E-state index is 13.3. The Morgan fingerprint density at radius 3 is 3.05 bits per heavy atom. The van der Waals surface area contributed by atoms with Crippen molar-refractivity contribution in [3.8, 4) is 0 Å². The molecule has 0 radical (unpaired) electrons. The van der Waals surface area contributed by atoms with Gasteiger partial charge >= 0.3 is 0 Å². The summed E-state index contributed by atoms with van der Waals surface area (Å²) in [4.78, 5) is 4.49. The van der Waals surface area contributed by atoms with E-state index in [1.54, 1.807) is 23.9 Å². The number of nitrogens with zero attached hydrogens (tertiary/aromatic N) is 2. The van der Waals surface area contributed by atoms with E-state index < -0.39 is 0 Å². The van der Waals surface area contributed by atoms with Crippen molar-refractivity contribution in [3.05, 3.63) is 42.5 Å². The molecule has 1 aromatic heterocycles. The topological polar surface area (TPSA) is 43.8 Å². The zero-order valence-corrected chi connectivity index (χ0v) is 11.8. The van der Waals surface area contributed by atoms with Gasteiger partial charge in [-0.05, 0) is 30.6 Å². The summed E-state index contributed by atoms with van der Waals surface area (Å²) in [5.41, 5.74) is 7.74. The predicted molar refractivity (Wildman–Crippen MR) is 79.8 cm³/mol. The lowest BCUT2D eigenvalue weighted by molar-refractivity contribution is 0.613. The van der Waals surface area contributed by atoms with Crippen LogP contribution in [0.1, 0.15) is 18.3 Å². The van der Waals surface area contributed by atoms with Gasteiger partial charge in [0.2, 0.25) is 0 Å². The van der Waals surface area contributed by atoms with Crippen LogP contribution in [0.2, 0.25) is 0 Å². The molecule has 0 amide bonds. The van der Waals surface area contributed by atoms with E-state index in [4.69, 9.17) is 5.73 Å². The van der Waals surface area contributed by atoms with Crippen LogP contribution in [0.3, 0.4) is 0 Å². The highest BCUT2D eigenvalue weighted by Crippen LogP contribution is 2.23. The molecule has 2 N–H and O–H groups in total. The average Bonchev–Trinajstić information content (AvgIpc) is 2.74. The van der Waals surface area contributed by atoms with Crippen LogP contribution in [0.5, 0.6) is 0 Å². The first-order valence-electron chi connectivity index (χ1n) is 6.18. The first-order valence-corrected chi connectivity index (χ1v) is 7.58. The molecule has 102 valence electrons. The lowest BCUT2D eigenvalue weighted by atomic mass is 10.2. The standard InChI is InChI=1S/C14H18FN3S/c1-3-7-18-13-5-4-10(15)9-12(13)17-14(18)11(16)6-8-19-2/h3-5,9,11H,1,6-8,16H2,2H3. The number of thioether (sulfide) groups is 1. The van der Waals surface area contributed by atoms with Gasteiger partial charge in [0.05, 0.1) is 17.1 Å². The molecule has 1 atom stereocenters. The zero-order valence-electron chi connectivity index (χ0n) is 11.0. The van der Waals surface area contributed by atoms with Crippen molar-refractivity contribution in [2.45, 2.75) is 19.0 Å². The van der Waals surface area contributed by atoms with E-state index in [0.29, 0.717) is 12.1 Å². The third-order valence-electron chi connectivity index (χ3n) is 3.02. The van der Waals surface area contributed by atoms with Gasteiger partial charge in [0.15, 0.2) is 0 Å². The lowest BCUT2D eigenvalue weighted by Crippen LogP contribution is -2.17. The molecule has 0 saturated heterocycles. The van der Waals surface area contributed by atoms with Crippen molar-refractivity contribution in [3.63, 3.8) is 0 Å². The highest BCUT2D eigenvalue weighted by molar-refractivity contribution is 7.98. The predicted octanol–water partition coefficient (Wildman–Crippen LogP) is 3.11. The van der Waals surface area contributed by atoms with Gasteiger partial charge in [-0.15, -0.1) is 6.58 Å². The van der Waals surface area contributed by atoms with Gasteiger partial charge in [0.25, 0.3) is 0 Å². The average molecular weight is 279 g/mol. The number of nitrogens with two attached hydrogens (primary N) is 1. The van der Waals surface area contributed by atoms with Crippen LogP contribution in [0.4, 0.5) is 4.39 Å². The van der Waals surface area contributed by atoms with E-state index in [0.717, 1.165) is 23.5 Å². The summed E-state index contributed by atoms with van der Waals surface area (Å²) in [6.07, 6.45) is 4.70. The Balaban J connectivity index is 2.46. The second-order valence-electron chi connectivity index (χ2n) is 4.39. The second kappa shape index (κ2) is 6.21. The number of hydrogen-bond donors (Lipinski definition) is 1. The Bertz CT molecular complexity index is 579. The van der Waals surface area contributed by atoms with E-state index in [1.807, 2.05) is 4.57 Å². The summed E-state index contributed by atoms with van der Waals surface area (Å²) in [7, 11) is 0. The van der Waals surface area contributed by atoms with Crippen molar-refractivity contribution in [1.29, 1.82) is 0 Å². The molecular weight excluding hydrogens is 261 g/mol. The Labute approximate surface area is 116 Å². The summed E-state index contributed by atoms with van der Waals surface area (Å²) >= 11 is 1.76. The van der Waals surface area contributed by atoms with E-state index >= 15 is 0 Å². The SMILES string of the molecule is C=CCn1c(C(N)CCSC)nc2cc(F)ccc21. The third-order valence-corrected chi connectivity index (χ3v) is 3.66. The van der Waals surface area contributed by atoms with Crippen molar-refractivity contribution < 1.29 is 4.39 Å². The molecule has 0 aliphatic carbocycles. The minimum Gasteiger partial charge on any atom is -0.323 e. The smallest absolute Gasteiger partial charge is 0.127 e. The van der Waals surface area contributed by atoms with Crippen LogP contribution in [0.25, 0.3) is 11.0 Å². The molecule has 0 bridgehead atoms. The summed E-state index contributed by atoms with van der Waals surface area (Å²) in [5.74, 6) is 1.50. The zero-order chi connectivity index (χ0) is 13.8. The number of benzene rings is 1. The summed E-state index contributed by atoms with van der Waals surface area (Å²) < 4.78 is 15.3. The lowest BCUT2D eigenvalue weighted by Gasteiger charge is -2.12. The first kappa shape index (κ1) is 14.1. The fourth-order valence-electron chi connectivity index (χ4n) is 2.10. The number of hydrogen-bond acceptors (Lipinski definition) is 3. The molecule has 1 aromatic carbocycles. The summed E-state index contributed by atoms with van der Waals surface area (Å²) in [6.45, 7) is 4.38. The normalized spacial score (nSPS) is 12.8. The molecule has 1 unspecified atom stereocenters. The number of imidazole rings is 1. The number of rotatable bonds is 6. The minimum atomic E-state index is -0.278. The van der Waals surface area contributed by atoms with E-state index in [2.05, 4.69) is 17.8 Å². The van der Waals surface area contributed by atoms with Crippen LogP contribution in [0, 0.1) is 5.82 Å². The van der Waals surface area contributed by atoms with Gasteiger partial charge in [-0.1, -0.05) is 6.08 Å². The Hall–Kier alpha value is -1.33. The van der Waals surface area contributed by atoms with Gasteiger partial charge < -0.3 is 10.3 Å². The maximum Gasteiger partial charge on any atom is 0.127 e. The molecule has 5 heteroatoms. The fourth-order valence-corrected chi connectivity index (χ4v) is 2.59. The molecule has 1 heterocycles. The van der Waals surface area contributed by atoms with Crippen LogP contribution in [-0.2, 0) is 6.54 Å². The Morgan fingerprint density at radius 2 is 2.37 bits per heavy atom. The maximum atomic E-state index is 13.3. The molecule has 0 spiro atoms. The Kier molecular flexibility index (Phi) is 4.61. The van der Waals surface area contributed by atoms with Crippen LogP contribution in [0.15, 0.2) is 30.9 Å². The van der Waals surface area contributed by atoms with Crippen molar-refractivity contribution >= 4 is 22.8 Å². The molecule has 0 fully saturated rings. The largest absolute Gasteiger partial charge is 0.323 e. The Morgan fingerprint density at radius 1 is 1.58 bits per heavy atom. The van der Waals surface area contributed by atoms with Gasteiger partial charge in [-0.2, -0.15) is 11.8 Å². The summed E-state index contributed by atoms with van der Waals surface area (Å²) in [6, 6.07) is 4.50. The van der Waals surface area contributed by atoms with Crippen LogP contribution in [-0.4, -0.2) is 21.6 Å². The monoisotopic (exact) mass is 279 g/mol. The molecule has 0 aliphatic rings. The number of aromatic nitrogens is 2. The quantitative estimate of drug-likeness (QED) is 0.826. The van der Waals surface area contributed by atoms with Gasteiger partial charge in [0, 0.05) is 12.6 Å². The molecule has 2 aromatic rings. The van der Waals surface area contributed by atoms with Gasteiger partial charge in [-0.3, -0.25) is 0 Å². The fraction of sp³-hybridized carbons (Fsp3) is 0.357. The first-order chi connectivity index (χ1) is 9.17. The van der Waals surface area contributed by atoms with Gasteiger partial charge in [0.1, 0.15) is 11.6 Å². The van der Waals surface area contributed by atoms with Crippen molar-refractivity contribution in [2.24, 2.45) is 5.73 Å². The van der Waals surface area contributed by atoms with E-state index in [9.17, 15) is 4.39 Å². The highest BCUT2D eigenvalue weighted by Gasteiger charge is 2.16. The summed E-state index contributed by atoms with van der Waals surface area (Å²) in [5, 5.41) is 0. The molecule has 19 heavy (non-hydrogen) atoms. The molecule has 3 nitrogen and oxygen atoms in total. The third kappa shape index (κ3) is 2.98. The van der Waals surface area contributed by atoms with Gasteiger partial charge in [-0.25, -0.2) is 9.37 Å². The highest BCUT2D eigenvalue weighted by atomic mass is 32.2. The van der Waals surface area contributed by atoms with Crippen LogP contribution < -0.4 is 5.73 Å². The molecule has 2 rings (SSSR count). The van der Waals surface area contributed by atoms with E-state index in [1.165, 1.54) is 12.1 Å². The van der Waals surface area contributed by atoms with Crippen molar-refractivity contribution in [1.82, 2.24) is 9.55 Å². The minimum absolute atomic E-state index is 0.136. The molecular formula is C14H18FN3S.